The molecule has 0 heterocycles. The first-order valence-electron chi connectivity index (χ1n) is 3.40. The topological polar surface area (TPSA) is 66.8 Å². The Morgan fingerprint density at radius 2 is 1.85 bits per heavy atom. The second kappa shape index (κ2) is 4.11. The van der Waals surface area contributed by atoms with Crippen LogP contribution >= 0.6 is 19.2 Å². The Hall–Kier alpha value is -0.540. The van der Waals surface area contributed by atoms with Gasteiger partial charge in [0.1, 0.15) is 5.75 Å². The molecule has 0 aliphatic carbocycles. The van der Waals surface area contributed by atoms with Crippen molar-refractivity contribution in [3.63, 3.8) is 0 Å². The summed E-state index contributed by atoms with van der Waals surface area (Å²) in [4.78, 5) is 17.0. The molecule has 72 valence electrons. The first-order valence-corrected chi connectivity index (χ1v) is 5.58. The molecule has 1 aromatic rings. The molecular formula is C7H8ClO4P. The molecule has 0 fully saturated rings. The van der Waals surface area contributed by atoms with Gasteiger partial charge in [-0.05, 0) is 24.3 Å². The number of rotatable bonds is 3. The molecule has 0 bridgehead atoms. The van der Waals surface area contributed by atoms with E-state index in [2.05, 4.69) is 0 Å². The first-order chi connectivity index (χ1) is 5.97. The zero-order chi connectivity index (χ0) is 9.90. The third kappa shape index (κ3) is 4.29. The standard InChI is InChI=1S/C7H8ClO4P/c8-6-1-3-7(4-2-6)12-5-13(9,10)11/h1-4H,5H2,(H2,9,10,11). The van der Waals surface area contributed by atoms with Crippen LogP contribution < -0.4 is 4.74 Å². The van der Waals surface area contributed by atoms with Gasteiger partial charge in [-0.3, -0.25) is 4.57 Å². The summed E-state index contributed by atoms with van der Waals surface area (Å²) in [6, 6.07) is 6.24. The molecule has 4 nitrogen and oxygen atoms in total. The van der Waals surface area contributed by atoms with Gasteiger partial charge >= 0.3 is 7.60 Å². The predicted molar refractivity (Wildman–Crippen MR) is 49.0 cm³/mol. The summed E-state index contributed by atoms with van der Waals surface area (Å²) >= 11 is 5.59. The largest absolute Gasteiger partial charge is 0.481 e. The van der Waals surface area contributed by atoms with Crippen molar-refractivity contribution in [1.82, 2.24) is 0 Å². The van der Waals surface area contributed by atoms with E-state index in [0.29, 0.717) is 10.8 Å². The van der Waals surface area contributed by atoms with Gasteiger partial charge in [0, 0.05) is 5.02 Å². The third-order valence-electron chi connectivity index (χ3n) is 1.21. The number of hydrogen-bond acceptors (Lipinski definition) is 2. The molecule has 0 atom stereocenters. The highest BCUT2D eigenvalue weighted by Gasteiger charge is 2.13. The van der Waals surface area contributed by atoms with E-state index in [1.165, 1.54) is 12.1 Å². The summed E-state index contributed by atoms with van der Waals surface area (Å²) in [5.41, 5.74) is 0. The average molecular weight is 223 g/mol. The van der Waals surface area contributed by atoms with Crippen LogP contribution in [0, 0.1) is 0 Å². The molecule has 2 N–H and O–H groups in total. The summed E-state index contributed by atoms with van der Waals surface area (Å²) in [6.07, 6.45) is -0.616. The molecule has 1 rings (SSSR count). The Morgan fingerprint density at radius 3 is 2.31 bits per heavy atom. The quantitative estimate of drug-likeness (QED) is 0.766. The van der Waals surface area contributed by atoms with Crippen LogP contribution in [0.4, 0.5) is 0 Å². The van der Waals surface area contributed by atoms with E-state index in [-0.39, 0.29) is 0 Å². The maximum absolute atomic E-state index is 10.4. The lowest BCUT2D eigenvalue weighted by atomic mass is 10.3. The molecular weight excluding hydrogens is 214 g/mol. The molecule has 0 saturated carbocycles. The molecule has 0 saturated heterocycles. The van der Waals surface area contributed by atoms with Crippen molar-refractivity contribution in [1.29, 1.82) is 0 Å². The minimum Gasteiger partial charge on any atom is -0.481 e. The van der Waals surface area contributed by atoms with Crippen molar-refractivity contribution in [2.24, 2.45) is 0 Å². The highest BCUT2D eigenvalue weighted by Crippen LogP contribution is 2.34. The van der Waals surface area contributed by atoms with Crippen LogP contribution in [-0.2, 0) is 4.57 Å². The van der Waals surface area contributed by atoms with Crippen LogP contribution in [0.25, 0.3) is 0 Å². The number of ether oxygens (including phenoxy) is 1. The first kappa shape index (κ1) is 10.5. The van der Waals surface area contributed by atoms with E-state index in [1.54, 1.807) is 12.1 Å². The minimum atomic E-state index is -4.10. The van der Waals surface area contributed by atoms with Crippen LogP contribution in [0.2, 0.25) is 5.02 Å². The lowest BCUT2D eigenvalue weighted by Gasteiger charge is -2.06. The normalized spacial score (nSPS) is 11.3. The number of halogens is 1. The van der Waals surface area contributed by atoms with E-state index in [0.717, 1.165) is 0 Å². The van der Waals surface area contributed by atoms with Crippen molar-refractivity contribution in [2.45, 2.75) is 0 Å². The zero-order valence-electron chi connectivity index (χ0n) is 6.55. The van der Waals surface area contributed by atoms with Gasteiger partial charge < -0.3 is 14.5 Å². The highest BCUT2D eigenvalue weighted by molar-refractivity contribution is 7.51. The Bertz CT molecular complexity index is 318. The molecule has 6 heteroatoms. The van der Waals surface area contributed by atoms with E-state index in [9.17, 15) is 4.57 Å². The molecule has 0 aliphatic heterocycles. The molecule has 13 heavy (non-hydrogen) atoms. The maximum Gasteiger partial charge on any atom is 0.362 e. The second-order valence-electron chi connectivity index (χ2n) is 2.39. The van der Waals surface area contributed by atoms with Gasteiger partial charge in [0.05, 0.1) is 0 Å². The van der Waals surface area contributed by atoms with Crippen LogP contribution in [0.3, 0.4) is 0 Å². The number of hydrogen-bond donors (Lipinski definition) is 2. The van der Waals surface area contributed by atoms with Gasteiger partial charge in [-0.25, -0.2) is 0 Å². The monoisotopic (exact) mass is 222 g/mol. The van der Waals surface area contributed by atoms with Crippen molar-refractivity contribution in [2.75, 3.05) is 6.35 Å². The van der Waals surface area contributed by atoms with E-state index < -0.39 is 13.9 Å². The summed E-state index contributed by atoms with van der Waals surface area (Å²) in [7, 11) is -4.10. The minimum absolute atomic E-state index is 0.382. The summed E-state index contributed by atoms with van der Waals surface area (Å²) in [6.45, 7) is 0. The summed E-state index contributed by atoms with van der Waals surface area (Å²) < 4.78 is 15.2. The smallest absolute Gasteiger partial charge is 0.362 e. The van der Waals surface area contributed by atoms with Crippen LogP contribution in [0.1, 0.15) is 0 Å². The Kier molecular flexibility index (Phi) is 3.33. The van der Waals surface area contributed by atoms with Gasteiger partial charge in [-0.2, -0.15) is 0 Å². The molecule has 0 aromatic heterocycles. The van der Waals surface area contributed by atoms with Gasteiger partial charge in [0.2, 0.25) is 0 Å². The van der Waals surface area contributed by atoms with Crippen molar-refractivity contribution in [3.05, 3.63) is 29.3 Å². The fourth-order valence-electron chi connectivity index (χ4n) is 0.689. The van der Waals surface area contributed by atoms with Gasteiger partial charge in [0.15, 0.2) is 6.35 Å². The van der Waals surface area contributed by atoms with E-state index >= 15 is 0 Å². The summed E-state index contributed by atoms with van der Waals surface area (Å²) in [5.74, 6) is 0.382. The van der Waals surface area contributed by atoms with E-state index in [4.69, 9.17) is 26.1 Å². The van der Waals surface area contributed by atoms with Crippen LogP contribution in [0.5, 0.6) is 5.75 Å². The molecule has 1 aromatic carbocycles. The average Bonchev–Trinajstić information content (AvgIpc) is 2.02. The van der Waals surface area contributed by atoms with Crippen LogP contribution in [-0.4, -0.2) is 16.1 Å². The van der Waals surface area contributed by atoms with Crippen molar-refractivity contribution < 1.29 is 19.1 Å². The van der Waals surface area contributed by atoms with Gasteiger partial charge in [-0.1, -0.05) is 11.6 Å². The summed E-state index contributed by atoms with van der Waals surface area (Å²) in [5, 5.41) is 0.545. The fraction of sp³-hybridized carbons (Fsp3) is 0.143. The number of benzene rings is 1. The van der Waals surface area contributed by atoms with Crippen molar-refractivity contribution >= 4 is 19.2 Å². The second-order valence-corrected chi connectivity index (χ2v) is 4.42. The molecule has 0 amide bonds. The Morgan fingerprint density at radius 1 is 1.31 bits per heavy atom. The zero-order valence-corrected chi connectivity index (χ0v) is 8.20. The maximum atomic E-state index is 10.4. The van der Waals surface area contributed by atoms with Crippen LogP contribution in [0.15, 0.2) is 24.3 Å². The van der Waals surface area contributed by atoms with Crippen molar-refractivity contribution in [3.8, 4) is 5.75 Å². The highest BCUT2D eigenvalue weighted by atomic mass is 35.5. The fourth-order valence-corrected chi connectivity index (χ4v) is 1.13. The van der Waals surface area contributed by atoms with Gasteiger partial charge in [-0.15, -0.1) is 0 Å². The SMILES string of the molecule is O=P(O)(O)COc1ccc(Cl)cc1. The molecule has 0 unspecified atom stereocenters. The lowest BCUT2D eigenvalue weighted by Crippen LogP contribution is -1.97. The lowest BCUT2D eigenvalue weighted by molar-refractivity contribution is 0.300. The van der Waals surface area contributed by atoms with E-state index in [1.807, 2.05) is 0 Å². The Labute approximate surface area is 80.3 Å². The Balaban J connectivity index is 2.56. The molecule has 0 spiro atoms. The van der Waals surface area contributed by atoms with Gasteiger partial charge in [0.25, 0.3) is 0 Å². The molecule has 0 aliphatic rings. The molecule has 0 radical (unpaired) electrons. The predicted octanol–water partition coefficient (Wildman–Crippen LogP) is 1.85. The third-order valence-corrected chi connectivity index (χ3v) is 1.93.